The number of para-hydroxylation sites is 1. The molecule has 6 nitrogen and oxygen atoms in total. The Hall–Kier alpha value is -2.34. The monoisotopic (exact) mass is 274 g/mol. The molecule has 1 aromatic heterocycles. The van der Waals surface area contributed by atoms with E-state index in [-0.39, 0.29) is 11.7 Å². The van der Waals surface area contributed by atoms with Gasteiger partial charge in [-0.15, -0.1) is 0 Å². The smallest absolute Gasteiger partial charge is 0.286 e. The summed E-state index contributed by atoms with van der Waals surface area (Å²) in [6.45, 7) is 0.576. The van der Waals surface area contributed by atoms with Gasteiger partial charge in [-0.25, -0.2) is 0 Å². The van der Waals surface area contributed by atoms with E-state index in [2.05, 4.69) is 5.32 Å². The molecule has 20 heavy (non-hydrogen) atoms. The number of benzene rings is 1. The normalized spacial score (nSPS) is 18.3. The van der Waals surface area contributed by atoms with Crippen molar-refractivity contribution in [2.45, 2.75) is 18.9 Å². The highest BCUT2D eigenvalue weighted by molar-refractivity contribution is 6.11. The quantitative estimate of drug-likeness (QED) is 0.889. The van der Waals surface area contributed by atoms with Crippen LogP contribution in [0.3, 0.4) is 0 Å². The molecule has 3 rings (SSSR count). The Morgan fingerprint density at radius 1 is 1.30 bits per heavy atom. The molecule has 1 aromatic carbocycles. The summed E-state index contributed by atoms with van der Waals surface area (Å²) in [5.41, 5.74) is 6.11. The molecule has 1 aliphatic rings. The average Bonchev–Trinajstić information content (AvgIpc) is 3.06. The van der Waals surface area contributed by atoms with Gasteiger partial charge in [-0.1, -0.05) is 12.1 Å². The van der Waals surface area contributed by atoms with Crippen LogP contribution in [-0.4, -0.2) is 24.5 Å². The summed E-state index contributed by atoms with van der Waals surface area (Å²) in [5.74, 6) is -1.04. The third-order valence-corrected chi connectivity index (χ3v) is 3.29. The van der Waals surface area contributed by atoms with E-state index in [1.165, 1.54) is 0 Å². The number of hydrogen-bond donors (Lipinski definition) is 2. The van der Waals surface area contributed by atoms with Crippen LogP contribution < -0.4 is 11.1 Å². The standard InChI is InChI=1S/C14H14N2O4/c15-13(17)12-11(8-4-1-2-5-9(8)20-12)16-14(18)10-6-3-7-19-10/h1-2,4-5,10H,3,6-7H2,(H2,15,17)(H,16,18)/t10-/m1/s1. The molecule has 0 radical (unpaired) electrons. The van der Waals surface area contributed by atoms with Crippen LogP contribution in [0.1, 0.15) is 23.4 Å². The van der Waals surface area contributed by atoms with Gasteiger partial charge in [0.25, 0.3) is 11.8 Å². The Bertz CT molecular complexity index is 671. The summed E-state index contributed by atoms with van der Waals surface area (Å²) in [4.78, 5) is 23.5. The number of nitrogens with one attached hydrogen (secondary N) is 1. The number of rotatable bonds is 3. The molecule has 0 unspecified atom stereocenters. The first-order valence-electron chi connectivity index (χ1n) is 6.40. The van der Waals surface area contributed by atoms with Crippen LogP contribution in [0.4, 0.5) is 5.69 Å². The fourth-order valence-electron chi connectivity index (χ4n) is 2.33. The molecule has 1 atom stereocenters. The van der Waals surface area contributed by atoms with Gasteiger partial charge in [0.05, 0.1) is 0 Å². The highest BCUT2D eigenvalue weighted by atomic mass is 16.5. The second kappa shape index (κ2) is 4.97. The Kier molecular flexibility index (Phi) is 3.15. The number of ether oxygens (including phenoxy) is 1. The zero-order valence-electron chi connectivity index (χ0n) is 10.7. The first-order valence-corrected chi connectivity index (χ1v) is 6.40. The molecule has 2 amide bonds. The number of carbonyl (C=O) groups excluding carboxylic acids is 2. The van der Waals surface area contributed by atoms with Crippen molar-refractivity contribution < 1.29 is 18.7 Å². The maximum atomic E-state index is 12.1. The van der Waals surface area contributed by atoms with Gasteiger partial charge in [-0.2, -0.15) is 0 Å². The van der Waals surface area contributed by atoms with Crippen LogP contribution in [0.15, 0.2) is 28.7 Å². The molecule has 3 N–H and O–H groups in total. The van der Waals surface area contributed by atoms with E-state index in [4.69, 9.17) is 14.9 Å². The maximum Gasteiger partial charge on any atom is 0.286 e. The van der Waals surface area contributed by atoms with E-state index in [0.29, 0.717) is 29.7 Å². The molecule has 1 fully saturated rings. The second-order valence-electron chi connectivity index (χ2n) is 4.66. The van der Waals surface area contributed by atoms with Crippen molar-refractivity contribution >= 4 is 28.5 Å². The van der Waals surface area contributed by atoms with Crippen LogP contribution in [0, 0.1) is 0 Å². The van der Waals surface area contributed by atoms with Crippen molar-refractivity contribution in [3.8, 4) is 0 Å². The van der Waals surface area contributed by atoms with E-state index < -0.39 is 12.0 Å². The molecule has 0 saturated carbocycles. The zero-order valence-corrected chi connectivity index (χ0v) is 10.7. The van der Waals surface area contributed by atoms with Gasteiger partial charge in [0.15, 0.2) is 0 Å². The molecule has 2 heterocycles. The fourth-order valence-corrected chi connectivity index (χ4v) is 2.33. The molecular weight excluding hydrogens is 260 g/mol. The average molecular weight is 274 g/mol. The first-order chi connectivity index (χ1) is 9.66. The summed E-state index contributed by atoms with van der Waals surface area (Å²) in [6.07, 6.45) is 1.05. The summed E-state index contributed by atoms with van der Waals surface area (Å²) in [5, 5.41) is 3.34. The Morgan fingerprint density at radius 2 is 2.10 bits per heavy atom. The Balaban J connectivity index is 1.98. The highest BCUT2D eigenvalue weighted by Crippen LogP contribution is 2.31. The number of fused-ring (bicyclic) bond motifs is 1. The van der Waals surface area contributed by atoms with Crippen LogP contribution in [0.25, 0.3) is 11.0 Å². The lowest BCUT2D eigenvalue weighted by molar-refractivity contribution is -0.124. The predicted octanol–water partition coefficient (Wildman–Crippen LogP) is 1.65. The summed E-state index contributed by atoms with van der Waals surface area (Å²) < 4.78 is 10.7. The summed E-state index contributed by atoms with van der Waals surface area (Å²) in [6, 6.07) is 7.05. The lowest BCUT2D eigenvalue weighted by atomic mass is 10.2. The Labute approximate surface area is 114 Å². The third kappa shape index (κ3) is 2.14. The van der Waals surface area contributed by atoms with Crippen LogP contribution in [0.5, 0.6) is 0 Å². The zero-order chi connectivity index (χ0) is 14.1. The minimum absolute atomic E-state index is 0.0439. The van der Waals surface area contributed by atoms with Crippen LogP contribution in [0.2, 0.25) is 0 Å². The minimum Gasteiger partial charge on any atom is -0.449 e. The van der Waals surface area contributed by atoms with E-state index >= 15 is 0 Å². The fraction of sp³-hybridized carbons (Fsp3) is 0.286. The van der Waals surface area contributed by atoms with E-state index in [0.717, 1.165) is 6.42 Å². The van der Waals surface area contributed by atoms with Crippen molar-refractivity contribution in [3.63, 3.8) is 0 Å². The predicted molar refractivity (Wildman–Crippen MR) is 72.3 cm³/mol. The summed E-state index contributed by atoms with van der Waals surface area (Å²) >= 11 is 0. The van der Waals surface area contributed by atoms with Crippen molar-refractivity contribution in [3.05, 3.63) is 30.0 Å². The van der Waals surface area contributed by atoms with Crippen molar-refractivity contribution in [2.75, 3.05) is 11.9 Å². The van der Waals surface area contributed by atoms with Gasteiger partial charge >= 0.3 is 0 Å². The number of primary amides is 1. The van der Waals surface area contributed by atoms with Gasteiger partial charge in [-0.3, -0.25) is 9.59 Å². The number of anilines is 1. The van der Waals surface area contributed by atoms with E-state index in [1.54, 1.807) is 24.3 Å². The molecule has 6 heteroatoms. The molecular formula is C14H14N2O4. The molecule has 1 aliphatic heterocycles. The van der Waals surface area contributed by atoms with Gasteiger partial charge in [0, 0.05) is 12.0 Å². The first kappa shape index (κ1) is 12.7. The van der Waals surface area contributed by atoms with E-state index in [1.807, 2.05) is 0 Å². The number of carbonyl (C=O) groups is 2. The number of amides is 2. The third-order valence-electron chi connectivity index (χ3n) is 3.29. The largest absolute Gasteiger partial charge is 0.449 e. The number of hydrogen-bond acceptors (Lipinski definition) is 4. The van der Waals surface area contributed by atoms with Gasteiger partial charge in [0.1, 0.15) is 17.4 Å². The van der Waals surface area contributed by atoms with Crippen molar-refractivity contribution in [2.24, 2.45) is 5.73 Å². The SMILES string of the molecule is NC(=O)c1oc2ccccc2c1NC(=O)[C@H]1CCCO1. The number of furan rings is 1. The van der Waals surface area contributed by atoms with Crippen molar-refractivity contribution in [1.82, 2.24) is 0 Å². The maximum absolute atomic E-state index is 12.1. The molecule has 104 valence electrons. The minimum atomic E-state index is -0.719. The van der Waals surface area contributed by atoms with Gasteiger partial charge < -0.3 is 20.2 Å². The molecule has 0 spiro atoms. The van der Waals surface area contributed by atoms with Gasteiger partial charge in [0.2, 0.25) is 5.76 Å². The second-order valence-corrected chi connectivity index (χ2v) is 4.66. The van der Waals surface area contributed by atoms with Crippen molar-refractivity contribution in [1.29, 1.82) is 0 Å². The van der Waals surface area contributed by atoms with Crippen LogP contribution in [-0.2, 0) is 9.53 Å². The highest BCUT2D eigenvalue weighted by Gasteiger charge is 2.27. The lowest BCUT2D eigenvalue weighted by Gasteiger charge is -2.09. The lowest BCUT2D eigenvalue weighted by Crippen LogP contribution is -2.27. The Morgan fingerprint density at radius 3 is 2.80 bits per heavy atom. The number of nitrogens with two attached hydrogens (primary N) is 1. The van der Waals surface area contributed by atoms with Crippen LogP contribution >= 0.6 is 0 Å². The molecule has 0 aliphatic carbocycles. The van der Waals surface area contributed by atoms with Gasteiger partial charge in [-0.05, 0) is 25.0 Å². The molecule has 1 saturated heterocycles. The van der Waals surface area contributed by atoms with E-state index in [9.17, 15) is 9.59 Å². The molecule has 2 aromatic rings. The summed E-state index contributed by atoms with van der Waals surface area (Å²) in [7, 11) is 0. The molecule has 0 bridgehead atoms. The topological polar surface area (TPSA) is 94.6 Å².